The van der Waals surface area contributed by atoms with Gasteiger partial charge in [0.15, 0.2) is 0 Å². The molecule has 3 heterocycles. The highest BCUT2D eigenvalue weighted by Crippen LogP contribution is 2.28. The zero-order valence-electron chi connectivity index (χ0n) is 13.1. The lowest BCUT2D eigenvalue weighted by Crippen LogP contribution is -2.45. The average molecular weight is 281 g/mol. The summed E-state index contributed by atoms with van der Waals surface area (Å²) in [5.74, 6) is 0.916. The fourth-order valence-corrected chi connectivity index (χ4v) is 4.02. The molecule has 1 unspecified atom stereocenters. The highest BCUT2D eigenvalue weighted by molar-refractivity contribution is 4.88. The minimum Gasteiger partial charge on any atom is -0.379 e. The van der Waals surface area contributed by atoms with Gasteiger partial charge < -0.3 is 15.0 Å². The molecule has 0 aliphatic carbocycles. The molecular formula is C16H31N3O. The van der Waals surface area contributed by atoms with Crippen molar-refractivity contribution in [1.29, 1.82) is 0 Å². The number of nitrogens with zero attached hydrogens (tertiary/aromatic N) is 2. The van der Waals surface area contributed by atoms with E-state index in [1.807, 2.05) is 0 Å². The van der Waals surface area contributed by atoms with Crippen molar-refractivity contribution in [3.05, 3.63) is 0 Å². The molecular weight excluding hydrogens is 250 g/mol. The van der Waals surface area contributed by atoms with E-state index in [2.05, 4.69) is 22.0 Å². The van der Waals surface area contributed by atoms with Gasteiger partial charge in [0.25, 0.3) is 0 Å². The number of piperidine rings is 1. The van der Waals surface area contributed by atoms with Crippen LogP contribution in [-0.4, -0.2) is 75.4 Å². The van der Waals surface area contributed by atoms with E-state index < -0.39 is 0 Å². The summed E-state index contributed by atoms with van der Waals surface area (Å²) in [6.45, 7) is 14.2. The van der Waals surface area contributed by atoms with Crippen molar-refractivity contribution in [2.45, 2.75) is 26.2 Å². The van der Waals surface area contributed by atoms with Gasteiger partial charge >= 0.3 is 0 Å². The van der Waals surface area contributed by atoms with Crippen LogP contribution < -0.4 is 5.32 Å². The second-order valence-corrected chi connectivity index (χ2v) is 7.37. The highest BCUT2D eigenvalue weighted by Gasteiger charge is 2.32. The standard InChI is InChI=1S/C16H31N3O/c1-16(4-5-17-13-16)14-19-6-2-15(3-7-19)12-18-8-10-20-11-9-18/h15,17H,2-14H2,1H3. The summed E-state index contributed by atoms with van der Waals surface area (Å²) in [6, 6.07) is 0. The van der Waals surface area contributed by atoms with Crippen LogP contribution in [-0.2, 0) is 4.74 Å². The molecule has 3 aliphatic heterocycles. The molecule has 4 heteroatoms. The van der Waals surface area contributed by atoms with E-state index in [1.165, 1.54) is 58.5 Å². The van der Waals surface area contributed by atoms with E-state index in [1.54, 1.807) is 0 Å². The lowest BCUT2D eigenvalue weighted by molar-refractivity contribution is 0.0228. The molecule has 0 amide bonds. The van der Waals surface area contributed by atoms with Crippen LogP contribution in [0.5, 0.6) is 0 Å². The third-order valence-electron chi connectivity index (χ3n) is 5.39. The SMILES string of the molecule is CC1(CN2CCC(CN3CCOCC3)CC2)CCNC1. The van der Waals surface area contributed by atoms with Crippen LogP contribution in [0.1, 0.15) is 26.2 Å². The highest BCUT2D eigenvalue weighted by atomic mass is 16.5. The smallest absolute Gasteiger partial charge is 0.0594 e. The Morgan fingerprint density at radius 3 is 2.50 bits per heavy atom. The summed E-state index contributed by atoms with van der Waals surface area (Å²) in [7, 11) is 0. The Hall–Kier alpha value is -0.160. The fraction of sp³-hybridized carbons (Fsp3) is 1.00. The first-order valence-corrected chi connectivity index (χ1v) is 8.47. The Bertz CT molecular complexity index is 290. The molecule has 20 heavy (non-hydrogen) atoms. The minimum absolute atomic E-state index is 0.525. The summed E-state index contributed by atoms with van der Waals surface area (Å²) in [5.41, 5.74) is 0.525. The third-order valence-corrected chi connectivity index (χ3v) is 5.39. The van der Waals surface area contributed by atoms with Crippen molar-refractivity contribution in [3.63, 3.8) is 0 Å². The van der Waals surface area contributed by atoms with Gasteiger partial charge in [-0.25, -0.2) is 0 Å². The molecule has 0 saturated carbocycles. The van der Waals surface area contributed by atoms with Crippen LogP contribution in [0, 0.1) is 11.3 Å². The molecule has 1 N–H and O–H groups in total. The molecule has 0 radical (unpaired) electrons. The van der Waals surface area contributed by atoms with Crippen molar-refractivity contribution in [1.82, 2.24) is 15.1 Å². The number of ether oxygens (including phenoxy) is 1. The molecule has 0 aromatic carbocycles. The second kappa shape index (κ2) is 6.73. The normalized spacial score (nSPS) is 34.6. The van der Waals surface area contributed by atoms with Gasteiger partial charge in [-0.2, -0.15) is 0 Å². The zero-order chi connectivity index (χ0) is 13.8. The van der Waals surface area contributed by atoms with E-state index in [0.29, 0.717) is 5.41 Å². The predicted molar refractivity (Wildman–Crippen MR) is 82.0 cm³/mol. The number of hydrogen-bond acceptors (Lipinski definition) is 4. The van der Waals surface area contributed by atoms with Gasteiger partial charge in [-0.05, 0) is 50.2 Å². The molecule has 3 fully saturated rings. The monoisotopic (exact) mass is 281 g/mol. The topological polar surface area (TPSA) is 27.7 Å². The number of hydrogen-bond donors (Lipinski definition) is 1. The van der Waals surface area contributed by atoms with Crippen molar-refractivity contribution >= 4 is 0 Å². The minimum atomic E-state index is 0.525. The molecule has 3 rings (SSSR count). The van der Waals surface area contributed by atoms with Crippen LogP contribution in [0.25, 0.3) is 0 Å². The second-order valence-electron chi connectivity index (χ2n) is 7.37. The largest absolute Gasteiger partial charge is 0.379 e. The van der Waals surface area contributed by atoms with E-state index in [0.717, 1.165) is 32.2 Å². The molecule has 3 saturated heterocycles. The van der Waals surface area contributed by atoms with E-state index in [9.17, 15) is 0 Å². The molecule has 116 valence electrons. The maximum atomic E-state index is 5.44. The van der Waals surface area contributed by atoms with E-state index >= 15 is 0 Å². The summed E-state index contributed by atoms with van der Waals surface area (Å²) in [6.07, 6.45) is 4.13. The van der Waals surface area contributed by atoms with Gasteiger partial charge in [0.1, 0.15) is 0 Å². The Kier molecular flexibility index (Phi) is 4.97. The molecule has 0 aromatic rings. The molecule has 4 nitrogen and oxygen atoms in total. The average Bonchev–Trinajstić information content (AvgIpc) is 2.89. The first-order valence-electron chi connectivity index (χ1n) is 8.47. The first-order chi connectivity index (χ1) is 9.73. The number of rotatable bonds is 4. The number of morpholine rings is 1. The van der Waals surface area contributed by atoms with Gasteiger partial charge in [-0.3, -0.25) is 4.90 Å². The van der Waals surface area contributed by atoms with Gasteiger partial charge in [0.05, 0.1) is 13.2 Å². The lowest BCUT2D eigenvalue weighted by atomic mass is 9.87. The summed E-state index contributed by atoms with van der Waals surface area (Å²) in [5, 5.41) is 3.52. The Morgan fingerprint density at radius 1 is 1.10 bits per heavy atom. The van der Waals surface area contributed by atoms with Crippen molar-refractivity contribution in [2.24, 2.45) is 11.3 Å². The van der Waals surface area contributed by atoms with Gasteiger partial charge in [-0.15, -0.1) is 0 Å². The fourth-order valence-electron chi connectivity index (χ4n) is 4.02. The number of likely N-dealkylation sites (tertiary alicyclic amines) is 1. The van der Waals surface area contributed by atoms with Crippen LogP contribution in [0.15, 0.2) is 0 Å². The summed E-state index contributed by atoms with van der Waals surface area (Å²) >= 11 is 0. The Labute approximate surface area is 123 Å². The Balaban J connectivity index is 1.38. The molecule has 3 aliphatic rings. The van der Waals surface area contributed by atoms with Crippen LogP contribution in [0.4, 0.5) is 0 Å². The van der Waals surface area contributed by atoms with Gasteiger partial charge in [-0.1, -0.05) is 6.92 Å². The van der Waals surface area contributed by atoms with Crippen molar-refractivity contribution < 1.29 is 4.74 Å². The van der Waals surface area contributed by atoms with Gasteiger partial charge in [0.2, 0.25) is 0 Å². The molecule has 0 spiro atoms. The van der Waals surface area contributed by atoms with Crippen LogP contribution >= 0.6 is 0 Å². The maximum Gasteiger partial charge on any atom is 0.0594 e. The van der Waals surface area contributed by atoms with E-state index in [-0.39, 0.29) is 0 Å². The van der Waals surface area contributed by atoms with Gasteiger partial charge in [0, 0.05) is 32.7 Å². The predicted octanol–water partition coefficient (Wildman–Crippen LogP) is 1.03. The van der Waals surface area contributed by atoms with Crippen molar-refractivity contribution in [3.8, 4) is 0 Å². The lowest BCUT2D eigenvalue weighted by Gasteiger charge is -2.39. The van der Waals surface area contributed by atoms with E-state index in [4.69, 9.17) is 4.74 Å². The quantitative estimate of drug-likeness (QED) is 0.833. The Morgan fingerprint density at radius 2 is 1.85 bits per heavy atom. The first kappa shape index (κ1) is 14.8. The molecule has 0 bridgehead atoms. The maximum absolute atomic E-state index is 5.44. The molecule has 1 atom stereocenters. The summed E-state index contributed by atoms with van der Waals surface area (Å²) in [4.78, 5) is 5.31. The third kappa shape index (κ3) is 3.94. The van der Waals surface area contributed by atoms with Crippen LogP contribution in [0.3, 0.4) is 0 Å². The summed E-state index contributed by atoms with van der Waals surface area (Å²) < 4.78 is 5.44. The number of nitrogens with one attached hydrogen (secondary N) is 1. The molecule has 0 aromatic heterocycles. The van der Waals surface area contributed by atoms with Crippen molar-refractivity contribution in [2.75, 3.05) is 65.6 Å². The zero-order valence-corrected chi connectivity index (χ0v) is 13.1. The van der Waals surface area contributed by atoms with Crippen LogP contribution in [0.2, 0.25) is 0 Å².